The number of alkyl halides is 1. The van der Waals surface area contributed by atoms with Crippen molar-refractivity contribution >= 4 is 10.1 Å². The summed E-state index contributed by atoms with van der Waals surface area (Å²) in [6.07, 6.45) is 3.81. The Labute approximate surface area is 83.6 Å². The Morgan fingerprint density at radius 2 is 2.00 bits per heavy atom. The molecule has 1 aliphatic carbocycles. The van der Waals surface area contributed by atoms with E-state index < -0.39 is 21.7 Å². The van der Waals surface area contributed by atoms with E-state index in [1.165, 1.54) is 0 Å². The van der Waals surface area contributed by atoms with Gasteiger partial charge in [0.2, 0.25) is 0 Å². The summed E-state index contributed by atoms with van der Waals surface area (Å²) in [6, 6.07) is 0.0340. The van der Waals surface area contributed by atoms with Crippen LogP contribution in [0.4, 0.5) is 4.39 Å². The molecule has 0 aromatic carbocycles. The van der Waals surface area contributed by atoms with E-state index in [-0.39, 0.29) is 6.04 Å². The van der Waals surface area contributed by atoms with Gasteiger partial charge in [0.15, 0.2) is 5.79 Å². The molecule has 84 valence electrons. The van der Waals surface area contributed by atoms with Gasteiger partial charge in [-0.15, -0.1) is 0 Å². The molecule has 1 fully saturated rings. The maximum atomic E-state index is 13.6. The highest BCUT2D eigenvalue weighted by atomic mass is 32.2. The summed E-state index contributed by atoms with van der Waals surface area (Å²) in [4.78, 5) is 0. The summed E-state index contributed by atoms with van der Waals surface area (Å²) in [7, 11) is -4.26. The second-order valence-electron chi connectivity index (χ2n) is 4.05. The highest BCUT2D eigenvalue weighted by Gasteiger charge is 2.32. The van der Waals surface area contributed by atoms with Crippen LogP contribution in [0, 0.1) is 0 Å². The molecule has 0 bridgehead atoms. The van der Waals surface area contributed by atoms with Gasteiger partial charge in [0.05, 0.1) is 0 Å². The highest BCUT2D eigenvalue weighted by molar-refractivity contribution is 7.85. The number of hydrogen-bond donors (Lipinski definition) is 2. The third-order valence-corrected chi connectivity index (χ3v) is 3.22. The molecule has 0 radical (unpaired) electrons. The Kier molecular flexibility index (Phi) is 3.49. The first-order valence-electron chi connectivity index (χ1n) is 4.70. The standard InChI is InChI=1S/C8H16FNO3S/c1-8(9,6-14(11,12)13)10-7-4-2-3-5-7/h7,10H,2-6H2,1H3,(H,11,12,13)/t8-/m1/s1. The van der Waals surface area contributed by atoms with Crippen LogP contribution < -0.4 is 5.32 Å². The van der Waals surface area contributed by atoms with Gasteiger partial charge < -0.3 is 0 Å². The number of nitrogens with one attached hydrogen (secondary N) is 1. The Balaban J connectivity index is 2.48. The van der Waals surface area contributed by atoms with Gasteiger partial charge in [0.1, 0.15) is 5.75 Å². The highest BCUT2D eigenvalue weighted by Crippen LogP contribution is 2.21. The van der Waals surface area contributed by atoms with Gasteiger partial charge >= 0.3 is 0 Å². The van der Waals surface area contributed by atoms with Crippen LogP contribution in [-0.4, -0.2) is 30.6 Å². The van der Waals surface area contributed by atoms with Gasteiger partial charge in [-0.3, -0.25) is 9.87 Å². The fourth-order valence-corrected chi connectivity index (χ4v) is 2.65. The Hall–Kier alpha value is -0.200. The molecule has 6 heteroatoms. The average molecular weight is 225 g/mol. The summed E-state index contributed by atoms with van der Waals surface area (Å²) in [5.41, 5.74) is 0. The molecule has 1 atom stereocenters. The van der Waals surface area contributed by atoms with Crippen molar-refractivity contribution in [2.24, 2.45) is 0 Å². The Morgan fingerprint density at radius 3 is 2.43 bits per heavy atom. The Bertz CT molecular complexity index is 283. The minimum Gasteiger partial charge on any atom is -0.285 e. The predicted octanol–water partition coefficient (Wildman–Crippen LogP) is 1.09. The molecule has 0 amide bonds. The molecule has 2 N–H and O–H groups in total. The summed E-state index contributed by atoms with van der Waals surface area (Å²) >= 11 is 0. The van der Waals surface area contributed by atoms with Crippen LogP contribution in [0.2, 0.25) is 0 Å². The van der Waals surface area contributed by atoms with E-state index >= 15 is 0 Å². The molecule has 1 rings (SSSR count). The minimum absolute atomic E-state index is 0.0340. The number of hydrogen-bond acceptors (Lipinski definition) is 3. The lowest BCUT2D eigenvalue weighted by molar-refractivity contribution is 0.144. The molecular weight excluding hydrogens is 209 g/mol. The molecule has 14 heavy (non-hydrogen) atoms. The molecule has 0 aromatic rings. The van der Waals surface area contributed by atoms with E-state index in [1.54, 1.807) is 0 Å². The van der Waals surface area contributed by atoms with Crippen LogP contribution in [0.25, 0.3) is 0 Å². The van der Waals surface area contributed by atoms with E-state index in [0.29, 0.717) is 0 Å². The summed E-state index contributed by atoms with van der Waals surface area (Å²) < 4.78 is 43.1. The van der Waals surface area contributed by atoms with Crippen LogP contribution in [0.1, 0.15) is 32.6 Å². The smallest absolute Gasteiger partial charge is 0.269 e. The Morgan fingerprint density at radius 1 is 1.50 bits per heavy atom. The van der Waals surface area contributed by atoms with E-state index in [1.807, 2.05) is 0 Å². The van der Waals surface area contributed by atoms with Gasteiger partial charge in [-0.1, -0.05) is 12.8 Å². The van der Waals surface area contributed by atoms with E-state index in [2.05, 4.69) is 5.32 Å². The molecule has 0 aromatic heterocycles. The van der Waals surface area contributed by atoms with Crippen LogP contribution in [0.15, 0.2) is 0 Å². The lowest BCUT2D eigenvalue weighted by Gasteiger charge is -2.24. The van der Waals surface area contributed by atoms with Gasteiger partial charge in [0.25, 0.3) is 10.1 Å². The van der Waals surface area contributed by atoms with E-state index in [0.717, 1.165) is 32.6 Å². The maximum absolute atomic E-state index is 13.6. The first kappa shape index (κ1) is 11.9. The van der Waals surface area contributed by atoms with Crippen LogP contribution >= 0.6 is 0 Å². The summed E-state index contributed by atoms with van der Waals surface area (Å²) in [6.45, 7) is 1.14. The number of rotatable bonds is 4. The molecule has 0 unspecified atom stereocenters. The second-order valence-corrected chi connectivity index (χ2v) is 5.50. The van der Waals surface area contributed by atoms with Gasteiger partial charge in [-0.25, -0.2) is 4.39 Å². The minimum atomic E-state index is -4.26. The van der Waals surface area contributed by atoms with Crippen molar-refractivity contribution < 1.29 is 17.4 Å². The third kappa shape index (κ3) is 4.34. The quantitative estimate of drug-likeness (QED) is 0.555. The third-order valence-electron chi connectivity index (χ3n) is 2.31. The molecule has 1 aliphatic rings. The molecule has 0 spiro atoms. The van der Waals surface area contributed by atoms with E-state index in [9.17, 15) is 12.8 Å². The molecule has 0 aliphatic heterocycles. The van der Waals surface area contributed by atoms with Crippen molar-refractivity contribution in [3.63, 3.8) is 0 Å². The lowest BCUT2D eigenvalue weighted by atomic mass is 10.2. The predicted molar refractivity (Wildman–Crippen MR) is 51.3 cm³/mol. The zero-order valence-corrected chi connectivity index (χ0v) is 8.98. The van der Waals surface area contributed by atoms with Gasteiger partial charge in [-0.2, -0.15) is 8.42 Å². The van der Waals surface area contributed by atoms with Crippen LogP contribution in [-0.2, 0) is 10.1 Å². The van der Waals surface area contributed by atoms with Crippen LogP contribution in [0.3, 0.4) is 0 Å². The van der Waals surface area contributed by atoms with Crippen molar-refractivity contribution in [3.05, 3.63) is 0 Å². The van der Waals surface area contributed by atoms with Gasteiger partial charge in [-0.05, 0) is 19.8 Å². The van der Waals surface area contributed by atoms with Crippen molar-refractivity contribution in [2.45, 2.75) is 44.4 Å². The van der Waals surface area contributed by atoms with Crippen molar-refractivity contribution in [2.75, 3.05) is 5.75 Å². The zero-order chi connectivity index (χ0) is 10.8. The first-order chi connectivity index (χ1) is 6.29. The second kappa shape index (κ2) is 4.12. The maximum Gasteiger partial charge on any atom is 0.269 e. The topological polar surface area (TPSA) is 66.4 Å². The van der Waals surface area contributed by atoms with Crippen LogP contribution in [0.5, 0.6) is 0 Å². The van der Waals surface area contributed by atoms with Crippen molar-refractivity contribution in [1.82, 2.24) is 5.32 Å². The first-order valence-corrected chi connectivity index (χ1v) is 6.31. The lowest BCUT2D eigenvalue weighted by Crippen LogP contribution is -2.48. The van der Waals surface area contributed by atoms with Crippen molar-refractivity contribution in [1.29, 1.82) is 0 Å². The van der Waals surface area contributed by atoms with E-state index in [4.69, 9.17) is 4.55 Å². The fraction of sp³-hybridized carbons (Fsp3) is 1.00. The molecule has 0 heterocycles. The van der Waals surface area contributed by atoms with Crippen molar-refractivity contribution in [3.8, 4) is 0 Å². The fourth-order valence-electron chi connectivity index (χ4n) is 1.88. The largest absolute Gasteiger partial charge is 0.285 e. The SMILES string of the molecule is C[C@](F)(CS(=O)(=O)O)NC1CCCC1. The molecule has 1 saturated carbocycles. The summed E-state index contributed by atoms with van der Waals surface area (Å²) in [5.74, 6) is -2.93. The molecular formula is C8H16FNO3S. The summed E-state index contributed by atoms with van der Waals surface area (Å²) in [5, 5.41) is 2.61. The number of halogens is 1. The normalized spacial score (nSPS) is 23.6. The molecule has 4 nitrogen and oxygen atoms in total. The zero-order valence-electron chi connectivity index (χ0n) is 8.16. The molecule has 0 saturated heterocycles. The van der Waals surface area contributed by atoms with Gasteiger partial charge in [0, 0.05) is 6.04 Å². The monoisotopic (exact) mass is 225 g/mol. The average Bonchev–Trinajstić information content (AvgIpc) is 2.31.